The standard InChI is InChI=1S/C15H21N3O/c1-11-5-3-4-6-13(11)14-10-17(2)9-12-7-16-8-15(19)18(12)14/h3-6,12,14,16H,7-10H2,1-2H3. The monoisotopic (exact) mass is 259 g/mol. The lowest BCUT2D eigenvalue weighted by molar-refractivity contribution is -0.142. The first kappa shape index (κ1) is 12.6. The Kier molecular flexibility index (Phi) is 3.29. The average Bonchev–Trinajstić information content (AvgIpc) is 2.38. The van der Waals surface area contributed by atoms with Crippen molar-refractivity contribution in [3.05, 3.63) is 35.4 Å². The molecule has 2 heterocycles. The molecule has 2 unspecified atom stereocenters. The number of aryl methyl sites for hydroxylation is 1. The molecule has 1 N–H and O–H groups in total. The van der Waals surface area contributed by atoms with Crippen LogP contribution in [0.4, 0.5) is 0 Å². The topological polar surface area (TPSA) is 35.6 Å². The van der Waals surface area contributed by atoms with Crippen LogP contribution in [0.3, 0.4) is 0 Å². The number of rotatable bonds is 1. The molecule has 2 aliphatic heterocycles. The Morgan fingerprint density at radius 3 is 2.84 bits per heavy atom. The molecule has 0 saturated carbocycles. The first-order valence-corrected chi connectivity index (χ1v) is 6.93. The van der Waals surface area contributed by atoms with Crippen molar-refractivity contribution in [1.29, 1.82) is 0 Å². The third kappa shape index (κ3) is 2.26. The Morgan fingerprint density at radius 1 is 1.26 bits per heavy atom. The van der Waals surface area contributed by atoms with E-state index in [2.05, 4.69) is 53.4 Å². The van der Waals surface area contributed by atoms with E-state index < -0.39 is 0 Å². The van der Waals surface area contributed by atoms with Crippen molar-refractivity contribution >= 4 is 5.91 Å². The fourth-order valence-corrected chi connectivity index (χ4v) is 3.35. The van der Waals surface area contributed by atoms with Crippen LogP contribution in [0.15, 0.2) is 24.3 Å². The first-order valence-electron chi connectivity index (χ1n) is 6.93. The van der Waals surface area contributed by atoms with Crippen molar-refractivity contribution in [3.63, 3.8) is 0 Å². The van der Waals surface area contributed by atoms with Gasteiger partial charge in [-0.1, -0.05) is 24.3 Å². The van der Waals surface area contributed by atoms with Gasteiger partial charge >= 0.3 is 0 Å². The molecule has 1 aromatic carbocycles. The molecule has 2 saturated heterocycles. The summed E-state index contributed by atoms with van der Waals surface area (Å²) in [4.78, 5) is 16.7. The minimum absolute atomic E-state index is 0.194. The maximum absolute atomic E-state index is 12.3. The van der Waals surface area contributed by atoms with E-state index in [4.69, 9.17) is 0 Å². The number of amides is 1. The highest BCUT2D eigenvalue weighted by molar-refractivity contribution is 5.80. The summed E-state index contributed by atoms with van der Waals surface area (Å²) in [6, 6.07) is 8.90. The maximum Gasteiger partial charge on any atom is 0.237 e. The molecule has 2 atom stereocenters. The molecular weight excluding hydrogens is 238 g/mol. The van der Waals surface area contributed by atoms with Crippen molar-refractivity contribution in [1.82, 2.24) is 15.1 Å². The van der Waals surface area contributed by atoms with Crippen LogP contribution in [-0.2, 0) is 4.79 Å². The highest BCUT2D eigenvalue weighted by atomic mass is 16.2. The highest BCUT2D eigenvalue weighted by Gasteiger charge is 2.39. The van der Waals surface area contributed by atoms with Gasteiger partial charge in [0, 0.05) is 19.6 Å². The molecule has 0 radical (unpaired) electrons. The van der Waals surface area contributed by atoms with Crippen LogP contribution in [0.25, 0.3) is 0 Å². The van der Waals surface area contributed by atoms with Crippen molar-refractivity contribution in [2.45, 2.75) is 19.0 Å². The van der Waals surface area contributed by atoms with E-state index in [9.17, 15) is 4.79 Å². The summed E-state index contributed by atoms with van der Waals surface area (Å²) in [7, 11) is 2.14. The number of hydrogen-bond acceptors (Lipinski definition) is 3. The maximum atomic E-state index is 12.3. The third-order valence-electron chi connectivity index (χ3n) is 4.23. The summed E-state index contributed by atoms with van der Waals surface area (Å²) in [5.74, 6) is 0.234. The second-order valence-electron chi connectivity index (χ2n) is 5.68. The number of nitrogens with one attached hydrogen (secondary N) is 1. The quantitative estimate of drug-likeness (QED) is 0.809. The molecule has 0 bridgehead atoms. The molecule has 19 heavy (non-hydrogen) atoms. The minimum Gasteiger partial charge on any atom is -0.328 e. The normalized spacial score (nSPS) is 28.3. The van der Waals surface area contributed by atoms with Gasteiger partial charge in [0.1, 0.15) is 0 Å². The Hall–Kier alpha value is -1.39. The van der Waals surface area contributed by atoms with Crippen molar-refractivity contribution in [2.75, 3.05) is 33.2 Å². The summed E-state index contributed by atoms with van der Waals surface area (Å²) in [5.41, 5.74) is 2.56. The molecular formula is C15H21N3O. The van der Waals surface area contributed by atoms with E-state index in [1.807, 2.05) is 0 Å². The summed E-state index contributed by atoms with van der Waals surface area (Å²) in [6.45, 7) is 5.39. The number of hydrogen-bond donors (Lipinski definition) is 1. The Morgan fingerprint density at radius 2 is 2.05 bits per heavy atom. The number of fused-ring (bicyclic) bond motifs is 1. The van der Waals surface area contributed by atoms with Crippen LogP contribution in [0.5, 0.6) is 0 Å². The second-order valence-corrected chi connectivity index (χ2v) is 5.68. The van der Waals surface area contributed by atoms with Crippen molar-refractivity contribution in [3.8, 4) is 0 Å². The lowest BCUT2D eigenvalue weighted by Crippen LogP contribution is -2.63. The van der Waals surface area contributed by atoms with E-state index in [-0.39, 0.29) is 11.9 Å². The fraction of sp³-hybridized carbons (Fsp3) is 0.533. The van der Waals surface area contributed by atoms with Crippen LogP contribution in [0.2, 0.25) is 0 Å². The summed E-state index contributed by atoms with van der Waals surface area (Å²) in [6.07, 6.45) is 0. The van der Waals surface area contributed by atoms with Gasteiger partial charge in [-0.25, -0.2) is 0 Å². The van der Waals surface area contributed by atoms with Crippen LogP contribution >= 0.6 is 0 Å². The van der Waals surface area contributed by atoms with E-state index in [1.165, 1.54) is 11.1 Å². The summed E-state index contributed by atoms with van der Waals surface area (Å²) in [5, 5.41) is 3.22. The number of piperazine rings is 2. The highest BCUT2D eigenvalue weighted by Crippen LogP contribution is 2.31. The molecule has 0 aliphatic carbocycles. The SMILES string of the molecule is Cc1ccccc1C1CN(C)CC2CNCC(=O)N21. The molecule has 4 nitrogen and oxygen atoms in total. The van der Waals surface area contributed by atoms with Gasteiger partial charge in [-0.2, -0.15) is 0 Å². The van der Waals surface area contributed by atoms with E-state index in [0.29, 0.717) is 12.6 Å². The molecule has 3 rings (SSSR count). The largest absolute Gasteiger partial charge is 0.328 e. The number of carbonyl (C=O) groups is 1. The van der Waals surface area contributed by atoms with Crippen LogP contribution in [0, 0.1) is 6.92 Å². The molecule has 1 aromatic rings. The van der Waals surface area contributed by atoms with Gasteiger partial charge in [-0.15, -0.1) is 0 Å². The predicted molar refractivity (Wildman–Crippen MR) is 74.9 cm³/mol. The van der Waals surface area contributed by atoms with Crippen LogP contribution in [-0.4, -0.2) is 55.0 Å². The van der Waals surface area contributed by atoms with Crippen molar-refractivity contribution < 1.29 is 4.79 Å². The minimum atomic E-state index is 0.194. The Bertz CT molecular complexity index is 488. The third-order valence-corrected chi connectivity index (χ3v) is 4.23. The Balaban J connectivity index is 1.97. The number of benzene rings is 1. The van der Waals surface area contributed by atoms with Gasteiger partial charge in [0.2, 0.25) is 5.91 Å². The number of nitrogens with zero attached hydrogens (tertiary/aromatic N) is 2. The lowest BCUT2D eigenvalue weighted by atomic mass is 9.94. The smallest absolute Gasteiger partial charge is 0.237 e. The molecule has 4 heteroatoms. The van der Waals surface area contributed by atoms with Gasteiger partial charge < -0.3 is 15.1 Å². The zero-order chi connectivity index (χ0) is 13.4. The van der Waals surface area contributed by atoms with Crippen LogP contribution < -0.4 is 5.32 Å². The Labute approximate surface area is 114 Å². The van der Waals surface area contributed by atoms with Gasteiger partial charge in [0.15, 0.2) is 0 Å². The van der Waals surface area contributed by atoms with Gasteiger partial charge in [-0.3, -0.25) is 4.79 Å². The fourth-order valence-electron chi connectivity index (χ4n) is 3.35. The van der Waals surface area contributed by atoms with Gasteiger partial charge in [0.05, 0.1) is 18.6 Å². The summed E-state index contributed by atoms with van der Waals surface area (Å²) >= 11 is 0. The van der Waals surface area contributed by atoms with Crippen molar-refractivity contribution in [2.24, 2.45) is 0 Å². The zero-order valence-corrected chi connectivity index (χ0v) is 11.6. The molecule has 2 fully saturated rings. The second kappa shape index (κ2) is 4.94. The molecule has 0 aromatic heterocycles. The van der Waals surface area contributed by atoms with Gasteiger partial charge in [-0.05, 0) is 25.1 Å². The first-order chi connectivity index (χ1) is 9.16. The molecule has 0 spiro atoms. The number of carbonyl (C=O) groups excluding carboxylic acids is 1. The van der Waals surface area contributed by atoms with E-state index >= 15 is 0 Å². The zero-order valence-electron chi connectivity index (χ0n) is 11.6. The lowest BCUT2D eigenvalue weighted by Gasteiger charge is -2.48. The molecule has 2 aliphatic rings. The van der Waals surface area contributed by atoms with Crippen LogP contribution in [0.1, 0.15) is 17.2 Å². The summed E-state index contributed by atoms with van der Waals surface area (Å²) < 4.78 is 0. The van der Waals surface area contributed by atoms with E-state index in [1.54, 1.807) is 0 Å². The predicted octanol–water partition coefficient (Wildman–Crippen LogP) is 0.782. The average molecular weight is 259 g/mol. The van der Waals surface area contributed by atoms with E-state index in [0.717, 1.165) is 19.6 Å². The number of likely N-dealkylation sites (N-methyl/N-ethyl adjacent to an activating group) is 1. The molecule has 1 amide bonds. The van der Waals surface area contributed by atoms with Gasteiger partial charge in [0.25, 0.3) is 0 Å². The molecule has 102 valence electrons.